The van der Waals surface area contributed by atoms with Crippen molar-refractivity contribution in [2.45, 2.75) is 57.6 Å². The molecule has 1 aliphatic carbocycles. The maximum absolute atomic E-state index is 12.4. The normalized spacial score (nSPS) is 31.8. The highest BCUT2D eigenvalue weighted by Gasteiger charge is 2.48. The van der Waals surface area contributed by atoms with Crippen LogP contribution in [0, 0.1) is 11.3 Å². The van der Waals surface area contributed by atoms with Crippen LogP contribution < -0.4 is 4.74 Å². The summed E-state index contributed by atoms with van der Waals surface area (Å²) < 4.78 is 5.61. The van der Waals surface area contributed by atoms with Gasteiger partial charge in [-0.1, -0.05) is 32.9 Å². The van der Waals surface area contributed by atoms with Gasteiger partial charge < -0.3 is 4.74 Å². The van der Waals surface area contributed by atoms with Gasteiger partial charge in [0.2, 0.25) is 0 Å². The second-order valence-corrected chi connectivity index (χ2v) is 8.42. The average molecular weight is 318 g/mol. The van der Waals surface area contributed by atoms with E-state index in [-0.39, 0.29) is 11.9 Å². The second-order valence-electron chi connectivity index (χ2n) is 7.22. The number of benzene rings is 1. The van der Waals surface area contributed by atoms with E-state index in [1.54, 1.807) is 0 Å². The van der Waals surface area contributed by atoms with Crippen LogP contribution >= 0.6 is 11.8 Å². The van der Waals surface area contributed by atoms with E-state index in [0.29, 0.717) is 22.3 Å². The highest BCUT2D eigenvalue weighted by molar-refractivity contribution is 8.01. The van der Waals surface area contributed by atoms with E-state index < -0.39 is 0 Å². The maximum atomic E-state index is 12.4. The minimum absolute atomic E-state index is 0.0363. The molecule has 0 radical (unpaired) electrons. The number of carbonyl (C=O) groups excluding carboxylic acids is 1. The van der Waals surface area contributed by atoms with E-state index in [4.69, 9.17) is 4.74 Å². The predicted molar refractivity (Wildman–Crippen MR) is 92.5 cm³/mol. The smallest absolute Gasteiger partial charge is 0.314 e. The van der Waals surface area contributed by atoms with E-state index in [1.807, 2.05) is 23.9 Å². The number of hydrogen-bond acceptors (Lipinski definition) is 3. The zero-order chi connectivity index (χ0) is 15.7. The first-order valence-electron chi connectivity index (χ1n) is 8.45. The molecule has 2 nitrogen and oxygen atoms in total. The Labute approximate surface area is 138 Å². The molecule has 3 heteroatoms. The van der Waals surface area contributed by atoms with Crippen LogP contribution in [0.25, 0.3) is 0 Å². The van der Waals surface area contributed by atoms with E-state index in [0.717, 1.165) is 25.7 Å². The molecule has 4 unspecified atom stereocenters. The first kappa shape index (κ1) is 15.9. The number of ether oxygens (including phenoxy) is 1. The third-order valence-corrected chi connectivity index (χ3v) is 7.56. The number of thioether (sulfide) groups is 1. The molecule has 2 aliphatic rings. The Kier molecular flexibility index (Phi) is 4.54. The van der Waals surface area contributed by atoms with Crippen molar-refractivity contribution in [2.24, 2.45) is 11.3 Å². The quantitative estimate of drug-likeness (QED) is 0.575. The lowest BCUT2D eigenvalue weighted by Gasteiger charge is -2.51. The third-order valence-electron chi connectivity index (χ3n) is 5.57. The fourth-order valence-corrected chi connectivity index (χ4v) is 5.07. The van der Waals surface area contributed by atoms with Crippen LogP contribution in [0.4, 0.5) is 0 Å². The molecule has 1 aliphatic heterocycles. The Balaban J connectivity index is 1.58. The van der Waals surface area contributed by atoms with Gasteiger partial charge in [0.15, 0.2) is 0 Å². The van der Waals surface area contributed by atoms with Crippen molar-refractivity contribution in [1.82, 2.24) is 0 Å². The summed E-state index contributed by atoms with van der Waals surface area (Å²) in [6.45, 7) is 6.77. The molecule has 3 rings (SSSR count). The summed E-state index contributed by atoms with van der Waals surface area (Å²) in [5.74, 6) is 2.55. The summed E-state index contributed by atoms with van der Waals surface area (Å²) in [6.07, 6.45) is 4.26. The molecule has 4 atom stereocenters. The summed E-state index contributed by atoms with van der Waals surface area (Å²) >= 11 is 2.02. The third kappa shape index (κ3) is 3.05. The first-order chi connectivity index (χ1) is 10.5. The van der Waals surface area contributed by atoms with Gasteiger partial charge in [-0.05, 0) is 54.7 Å². The molecule has 0 N–H and O–H groups in total. The maximum Gasteiger partial charge on any atom is 0.314 e. The average Bonchev–Trinajstić information content (AvgIpc) is 2.52. The fourth-order valence-electron chi connectivity index (χ4n) is 3.47. The number of carbonyl (C=O) groups is 1. The first-order valence-corrected chi connectivity index (χ1v) is 9.50. The fraction of sp³-hybridized carbons (Fsp3) is 0.632. The minimum Gasteiger partial charge on any atom is -0.426 e. The van der Waals surface area contributed by atoms with Gasteiger partial charge in [0.1, 0.15) is 5.75 Å². The molecule has 22 heavy (non-hydrogen) atoms. The van der Waals surface area contributed by atoms with Crippen LogP contribution in [0.15, 0.2) is 24.3 Å². The van der Waals surface area contributed by atoms with Crippen LogP contribution in [0.5, 0.6) is 5.75 Å². The van der Waals surface area contributed by atoms with Gasteiger partial charge >= 0.3 is 5.97 Å². The summed E-state index contributed by atoms with van der Waals surface area (Å²) in [5.41, 5.74) is 1.79. The molecule has 0 spiro atoms. The van der Waals surface area contributed by atoms with Crippen LogP contribution in [0.2, 0.25) is 0 Å². The molecule has 0 bridgehead atoms. The number of hydrogen-bond donors (Lipinski definition) is 0. The van der Waals surface area contributed by atoms with Crippen molar-refractivity contribution in [2.75, 3.05) is 5.75 Å². The lowest BCUT2D eigenvalue weighted by atomic mass is 9.71. The molecule has 1 saturated carbocycles. The highest BCUT2D eigenvalue weighted by atomic mass is 32.2. The number of rotatable bonds is 4. The van der Waals surface area contributed by atoms with Crippen molar-refractivity contribution >= 4 is 17.7 Å². The van der Waals surface area contributed by atoms with Crippen molar-refractivity contribution in [3.05, 3.63) is 29.8 Å². The van der Waals surface area contributed by atoms with Crippen molar-refractivity contribution in [3.8, 4) is 5.75 Å². The van der Waals surface area contributed by atoms with Crippen LogP contribution in [-0.2, 0) is 4.79 Å². The zero-order valence-corrected chi connectivity index (χ0v) is 14.6. The van der Waals surface area contributed by atoms with Gasteiger partial charge in [-0.2, -0.15) is 11.8 Å². The summed E-state index contributed by atoms with van der Waals surface area (Å²) in [6, 6.07) is 8.03. The standard InChI is InChI=1S/C19H26O2S/c1-4-13(2)14-5-7-16(8-6-14)21-18(20)15-9-10-19(3)12-22-17(19)11-15/h5-8,13,15,17H,4,9-12H2,1-3H3. The summed E-state index contributed by atoms with van der Waals surface area (Å²) in [5, 5.41) is 0.659. The largest absolute Gasteiger partial charge is 0.426 e. The molecule has 120 valence electrons. The monoisotopic (exact) mass is 318 g/mol. The Hall–Kier alpha value is -0.960. The highest BCUT2D eigenvalue weighted by Crippen LogP contribution is 2.55. The number of fused-ring (bicyclic) bond motifs is 1. The molecule has 1 aromatic rings. The van der Waals surface area contributed by atoms with E-state index in [9.17, 15) is 4.79 Å². The van der Waals surface area contributed by atoms with Gasteiger partial charge in [-0.3, -0.25) is 4.79 Å². The van der Waals surface area contributed by atoms with Gasteiger partial charge in [-0.25, -0.2) is 0 Å². The van der Waals surface area contributed by atoms with E-state index in [2.05, 4.69) is 32.9 Å². The predicted octanol–water partition coefficient (Wildman–Crippen LogP) is 5.03. The van der Waals surface area contributed by atoms with E-state index >= 15 is 0 Å². The molecule has 1 heterocycles. The molecule has 1 aromatic carbocycles. The molecule has 2 fully saturated rings. The minimum atomic E-state index is -0.0363. The lowest BCUT2D eigenvalue weighted by Crippen LogP contribution is -2.48. The van der Waals surface area contributed by atoms with Crippen LogP contribution in [-0.4, -0.2) is 17.0 Å². The van der Waals surface area contributed by atoms with Crippen LogP contribution in [0.3, 0.4) is 0 Å². The molecule has 1 saturated heterocycles. The van der Waals surface area contributed by atoms with Crippen molar-refractivity contribution in [1.29, 1.82) is 0 Å². The zero-order valence-electron chi connectivity index (χ0n) is 13.8. The van der Waals surface area contributed by atoms with Gasteiger partial charge in [0.25, 0.3) is 0 Å². The number of esters is 1. The Bertz CT molecular complexity index is 539. The molecular formula is C19H26O2S. The van der Waals surface area contributed by atoms with Crippen molar-refractivity contribution in [3.63, 3.8) is 0 Å². The summed E-state index contributed by atoms with van der Waals surface area (Å²) in [7, 11) is 0. The van der Waals surface area contributed by atoms with Gasteiger partial charge in [0.05, 0.1) is 5.92 Å². The van der Waals surface area contributed by atoms with Crippen LogP contribution in [0.1, 0.15) is 57.9 Å². The Morgan fingerprint density at radius 2 is 2.14 bits per heavy atom. The summed E-state index contributed by atoms with van der Waals surface area (Å²) in [4.78, 5) is 12.4. The van der Waals surface area contributed by atoms with Gasteiger partial charge in [-0.15, -0.1) is 0 Å². The molecule has 0 amide bonds. The SMILES string of the molecule is CCC(C)c1ccc(OC(=O)C2CCC3(C)CSC3C2)cc1. The van der Waals surface area contributed by atoms with E-state index in [1.165, 1.54) is 11.3 Å². The molecular weight excluding hydrogens is 292 g/mol. The van der Waals surface area contributed by atoms with Crippen molar-refractivity contribution < 1.29 is 9.53 Å². The lowest BCUT2D eigenvalue weighted by molar-refractivity contribution is -0.140. The Morgan fingerprint density at radius 1 is 1.41 bits per heavy atom. The van der Waals surface area contributed by atoms with Gasteiger partial charge in [0, 0.05) is 11.0 Å². The molecule has 0 aromatic heterocycles. The Morgan fingerprint density at radius 3 is 2.68 bits per heavy atom. The second kappa shape index (κ2) is 6.27. The topological polar surface area (TPSA) is 26.3 Å².